The topological polar surface area (TPSA) is 0 Å². The molecular weight excluding hydrogens is 132 g/mol. The number of hydrogen-bond donors (Lipinski definition) is 0. The maximum absolute atomic E-state index is 1.65. The van der Waals surface area contributed by atoms with Gasteiger partial charge in [-0.2, -0.15) is 0 Å². The zero-order chi connectivity index (χ0) is 7.00. The summed E-state index contributed by atoms with van der Waals surface area (Å²) in [4.78, 5) is 0. The van der Waals surface area contributed by atoms with Crippen molar-refractivity contribution >= 4 is 0 Å². The second-order valence-corrected chi connectivity index (χ2v) is 5.46. The van der Waals surface area contributed by atoms with Crippen molar-refractivity contribution in [1.29, 1.82) is 0 Å². The van der Waals surface area contributed by atoms with Crippen molar-refractivity contribution in [3.8, 4) is 0 Å². The van der Waals surface area contributed by atoms with Gasteiger partial charge in [-0.3, -0.25) is 0 Å². The predicted octanol–water partition coefficient (Wildman–Crippen LogP) is 2.69. The first-order valence-electron chi connectivity index (χ1n) is 5.43. The molecule has 4 rings (SSSR count). The summed E-state index contributed by atoms with van der Waals surface area (Å²) in [6.45, 7) is 0. The molecule has 0 heterocycles. The highest BCUT2D eigenvalue weighted by Gasteiger charge is 2.62. The van der Waals surface area contributed by atoms with Gasteiger partial charge in [0.25, 0.3) is 0 Å². The second kappa shape index (κ2) is 1.53. The van der Waals surface area contributed by atoms with Crippen LogP contribution in [0.15, 0.2) is 0 Å². The highest BCUT2D eigenvalue weighted by molar-refractivity contribution is 5.11. The van der Waals surface area contributed by atoms with E-state index in [1.54, 1.807) is 32.1 Å². The zero-order valence-corrected chi connectivity index (χ0v) is 7.00. The van der Waals surface area contributed by atoms with Gasteiger partial charge in [0.15, 0.2) is 0 Å². The molecule has 0 aromatic carbocycles. The Bertz CT molecular complexity index is 204. The first kappa shape index (κ1) is 5.61. The molecule has 4 fully saturated rings. The van der Waals surface area contributed by atoms with Gasteiger partial charge in [-0.1, -0.05) is 0 Å². The molecule has 0 aromatic rings. The average molecular weight is 148 g/mol. The summed E-state index contributed by atoms with van der Waals surface area (Å²) >= 11 is 0. The highest BCUT2D eigenvalue weighted by atomic mass is 14.7. The molecule has 5 atom stereocenters. The monoisotopic (exact) mass is 148 g/mol. The van der Waals surface area contributed by atoms with Crippen LogP contribution in [0.4, 0.5) is 0 Å². The molecule has 60 valence electrons. The quantitative estimate of drug-likeness (QED) is 0.536. The van der Waals surface area contributed by atoms with Gasteiger partial charge < -0.3 is 0 Å². The molecule has 4 aliphatic rings. The van der Waals surface area contributed by atoms with Crippen molar-refractivity contribution in [2.24, 2.45) is 35.5 Å². The molecule has 0 radical (unpaired) electrons. The van der Waals surface area contributed by atoms with Crippen molar-refractivity contribution in [2.45, 2.75) is 32.1 Å². The molecule has 0 aromatic heterocycles. The number of hydrogen-bond acceptors (Lipinski definition) is 0. The van der Waals surface area contributed by atoms with Crippen molar-refractivity contribution in [3.63, 3.8) is 0 Å². The largest absolute Gasteiger partial charge is 0.0499 e. The third-order valence-electron chi connectivity index (χ3n) is 4.97. The van der Waals surface area contributed by atoms with E-state index in [-0.39, 0.29) is 0 Å². The summed E-state index contributed by atoms with van der Waals surface area (Å²) in [6, 6.07) is 0. The molecule has 4 saturated carbocycles. The van der Waals surface area contributed by atoms with Gasteiger partial charge in [0.1, 0.15) is 0 Å². The lowest BCUT2D eigenvalue weighted by Crippen LogP contribution is -2.14. The molecular formula is C11H16. The van der Waals surface area contributed by atoms with E-state index in [0.717, 1.165) is 0 Å². The molecule has 0 N–H and O–H groups in total. The average Bonchev–Trinajstić information content (AvgIpc) is 2.91. The third kappa shape index (κ3) is 0.588. The number of fused-ring (bicyclic) bond motifs is 5. The van der Waals surface area contributed by atoms with Crippen LogP contribution < -0.4 is 0 Å². The van der Waals surface area contributed by atoms with Crippen LogP contribution in [-0.4, -0.2) is 0 Å². The SMILES string of the molecule is C1CC1C1CC2CC1C1CC21. The van der Waals surface area contributed by atoms with Gasteiger partial charge in [-0.25, -0.2) is 0 Å². The van der Waals surface area contributed by atoms with Crippen LogP contribution in [0.5, 0.6) is 0 Å². The standard InChI is InChI=1S/C11H16/c1-2-6(1)8-3-7-4-10(8)11-5-9(7)11/h6-11H,1-5H2. The Hall–Kier alpha value is 0. The smallest absolute Gasteiger partial charge is 0.0349 e. The summed E-state index contributed by atoms with van der Waals surface area (Å²) in [5, 5.41) is 0. The van der Waals surface area contributed by atoms with Crippen molar-refractivity contribution in [1.82, 2.24) is 0 Å². The molecule has 11 heavy (non-hydrogen) atoms. The van der Waals surface area contributed by atoms with E-state index < -0.39 is 0 Å². The Labute approximate surface area is 68.4 Å². The Morgan fingerprint density at radius 3 is 1.82 bits per heavy atom. The van der Waals surface area contributed by atoms with Gasteiger partial charge >= 0.3 is 0 Å². The molecule has 2 bridgehead atoms. The van der Waals surface area contributed by atoms with Gasteiger partial charge in [0.05, 0.1) is 0 Å². The maximum Gasteiger partial charge on any atom is -0.0349 e. The van der Waals surface area contributed by atoms with Crippen LogP contribution in [0.1, 0.15) is 32.1 Å². The van der Waals surface area contributed by atoms with Crippen LogP contribution in [0.3, 0.4) is 0 Å². The van der Waals surface area contributed by atoms with E-state index in [2.05, 4.69) is 0 Å². The minimum Gasteiger partial charge on any atom is -0.0499 e. The molecule has 0 nitrogen and oxygen atoms in total. The van der Waals surface area contributed by atoms with E-state index in [1.165, 1.54) is 35.5 Å². The van der Waals surface area contributed by atoms with Gasteiger partial charge in [0.2, 0.25) is 0 Å². The zero-order valence-electron chi connectivity index (χ0n) is 7.00. The van der Waals surface area contributed by atoms with E-state index in [9.17, 15) is 0 Å². The summed E-state index contributed by atoms with van der Waals surface area (Å²) in [6.07, 6.45) is 8.11. The maximum atomic E-state index is 1.65. The van der Waals surface area contributed by atoms with Crippen LogP contribution in [-0.2, 0) is 0 Å². The van der Waals surface area contributed by atoms with Crippen LogP contribution in [0.25, 0.3) is 0 Å². The molecule has 0 amide bonds. The summed E-state index contributed by atoms with van der Waals surface area (Å²) < 4.78 is 0. The minimum atomic E-state index is 1.21. The Kier molecular flexibility index (Phi) is 0.781. The van der Waals surface area contributed by atoms with Crippen LogP contribution >= 0.6 is 0 Å². The first-order chi connectivity index (χ1) is 5.43. The Morgan fingerprint density at radius 2 is 1.18 bits per heavy atom. The molecule has 0 aliphatic heterocycles. The fourth-order valence-electron chi connectivity index (χ4n) is 4.32. The molecule has 0 heteroatoms. The predicted molar refractivity (Wildman–Crippen MR) is 44.0 cm³/mol. The summed E-state index contributed by atoms with van der Waals surface area (Å²) in [5.41, 5.74) is 0. The Morgan fingerprint density at radius 1 is 0.545 bits per heavy atom. The van der Waals surface area contributed by atoms with Crippen LogP contribution in [0, 0.1) is 35.5 Å². The molecule has 0 spiro atoms. The molecule has 5 unspecified atom stereocenters. The summed E-state index contributed by atoms with van der Waals surface area (Å²) in [7, 11) is 0. The highest BCUT2D eigenvalue weighted by Crippen LogP contribution is 2.70. The van der Waals surface area contributed by atoms with Crippen molar-refractivity contribution in [3.05, 3.63) is 0 Å². The fourth-order valence-corrected chi connectivity index (χ4v) is 4.32. The van der Waals surface area contributed by atoms with Gasteiger partial charge in [-0.15, -0.1) is 0 Å². The van der Waals surface area contributed by atoms with E-state index in [1.807, 2.05) is 0 Å². The second-order valence-electron chi connectivity index (χ2n) is 5.46. The summed E-state index contributed by atoms with van der Waals surface area (Å²) in [5.74, 6) is 7.39. The normalized spacial score (nSPS) is 64.9. The van der Waals surface area contributed by atoms with Crippen molar-refractivity contribution in [2.75, 3.05) is 0 Å². The van der Waals surface area contributed by atoms with E-state index in [4.69, 9.17) is 0 Å². The minimum absolute atomic E-state index is 1.21. The third-order valence-corrected chi connectivity index (χ3v) is 4.97. The first-order valence-corrected chi connectivity index (χ1v) is 5.43. The van der Waals surface area contributed by atoms with Gasteiger partial charge in [0, 0.05) is 0 Å². The lowest BCUT2D eigenvalue weighted by molar-refractivity contribution is 0.283. The van der Waals surface area contributed by atoms with Gasteiger partial charge in [-0.05, 0) is 67.6 Å². The molecule has 0 saturated heterocycles. The fraction of sp³-hybridized carbons (Fsp3) is 1.00. The van der Waals surface area contributed by atoms with Crippen molar-refractivity contribution < 1.29 is 0 Å². The van der Waals surface area contributed by atoms with E-state index in [0.29, 0.717) is 0 Å². The van der Waals surface area contributed by atoms with E-state index >= 15 is 0 Å². The van der Waals surface area contributed by atoms with Crippen LogP contribution in [0.2, 0.25) is 0 Å². The Balaban J connectivity index is 1.66. The lowest BCUT2D eigenvalue weighted by atomic mass is 9.85. The lowest BCUT2D eigenvalue weighted by Gasteiger charge is -2.20. The number of rotatable bonds is 1. The molecule has 4 aliphatic carbocycles.